The molecule has 27 heavy (non-hydrogen) atoms. The molecular weight excluding hydrogens is 409 g/mol. The number of rotatable bonds is 2. The van der Waals surface area contributed by atoms with Crippen molar-refractivity contribution in [1.29, 1.82) is 0 Å². The highest BCUT2D eigenvalue weighted by atomic mass is 35.5. The third kappa shape index (κ3) is 2.90. The summed E-state index contributed by atoms with van der Waals surface area (Å²) in [5.41, 5.74) is 8.28. The van der Waals surface area contributed by atoms with E-state index in [1.165, 1.54) is 14.0 Å². The summed E-state index contributed by atoms with van der Waals surface area (Å²) in [5.74, 6) is 0.671. The fourth-order valence-electron chi connectivity index (χ4n) is 4.39. The average Bonchev–Trinajstić information content (AvgIpc) is 2.90. The molecule has 0 bridgehead atoms. The van der Waals surface area contributed by atoms with E-state index >= 15 is 0 Å². The van der Waals surface area contributed by atoms with Crippen molar-refractivity contribution in [2.24, 2.45) is 5.73 Å². The normalized spacial score (nSPS) is 23.6. The van der Waals surface area contributed by atoms with Gasteiger partial charge >= 0.3 is 5.97 Å². The molecule has 142 valence electrons. The molecule has 0 saturated carbocycles. The summed E-state index contributed by atoms with van der Waals surface area (Å²) < 4.78 is 10.6. The van der Waals surface area contributed by atoms with Crippen LogP contribution in [-0.2, 0) is 16.0 Å². The van der Waals surface area contributed by atoms with Gasteiger partial charge in [0, 0.05) is 30.2 Å². The number of ether oxygens (including phenoxy) is 2. The van der Waals surface area contributed by atoms with Crippen LogP contribution in [0.4, 0.5) is 0 Å². The smallest absolute Gasteiger partial charge is 0.307 e. The Labute approximate surface area is 172 Å². The molecule has 2 aromatic rings. The third-order valence-electron chi connectivity index (χ3n) is 5.52. The van der Waals surface area contributed by atoms with Crippen LogP contribution in [0.1, 0.15) is 36.8 Å². The lowest BCUT2D eigenvalue weighted by Crippen LogP contribution is -2.44. The highest BCUT2D eigenvalue weighted by Crippen LogP contribution is 2.52. The van der Waals surface area contributed by atoms with Gasteiger partial charge in [-0.1, -0.05) is 34.8 Å². The standard InChI is InChI=1S/C20H18Cl3NO3/c1-9(25)27-10-5-14-12-6-15(21)17-13(7-16(22)19(26-2)18(17)23)11(12)3-4-20(14,24)8-10/h6-8,14H,3-5,24H2,1-2H3/t14-,20-/m1/s1. The van der Waals surface area contributed by atoms with Crippen molar-refractivity contribution in [3.63, 3.8) is 0 Å². The predicted molar refractivity (Wildman–Crippen MR) is 108 cm³/mol. The van der Waals surface area contributed by atoms with Gasteiger partial charge in [0.2, 0.25) is 0 Å². The van der Waals surface area contributed by atoms with Gasteiger partial charge < -0.3 is 15.2 Å². The van der Waals surface area contributed by atoms with E-state index in [-0.39, 0.29) is 11.9 Å². The first-order valence-electron chi connectivity index (χ1n) is 8.61. The minimum Gasteiger partial charge on any atom is -0.494 e. The van der Waals surface area contributed by atoms with Gasteiger partial charge in [-0.2, -0.15) is 0 Å². The molecule has 0 saturated heterocycles. The minimum atomic E-state index is -0.561. The molecule has 7 heteroatoms. The molecule has 4 nitrogen and oxygen atoms in total. The quantitative estimate of drug-likeness (QED) is 0.654. The lowest BCUT2D eigenvalue weighted by atomic mass is 9.71. The van der Waals surface area contributed by atoms with E-state index in [4.69, 9.17) is 50.0 Å². The fourth-order valence-corrected chi connectivity index (χ4v) is 5.47. The highest BCUT2D eigenvalue weighted by molar-refractivity contribution is 6.45. The Hall–Kier alpha value is -1.46. The van der Waals surface area contributed by atoms with Crippen molar-refractivity contribution < 1.29 is 14.3 Å². The summed E-state index contributed by atoms with van der Waals surface area (Å²) in [6, 6.07) is 3.78. The van der Waals surface area contributed by atoms with Crippen molar-refractivity contribution in [2.75, 3.05) is 7.11 Å². The highest BCUT2D eigenvalue weighted by Gasteiger charge is 2.45. The van der Waals surface area contributed by atoms with Gasteiger partial charge in [-0.3, -0.25) is 4.79 Å². The molecule has 0 radical (unpaired) electrons. The van der Waals surface area contributed by atoms with Crippen LogP contribution in [0.2, 0.25) is 15.1 Å². The van der Waals surface area contributed by atoms with Gasteiger partial charge in [0.1, 0.15) is 5.76 Å². The Kier molecular flexibility index (Phi) is 4.59. The topological polar surface area (TPSA) is 61.5 Å². The zero-order valence-corrected chi connectivity index (χ0v) is 17.1. The molecule has 0 amide bonds. The molecule has 0 fully saturated rings. The molecule has 2 aromatic carbocycles. The van der Waals surface area contributed by atoms with Crippen LogP contribution in [-0.4, -0.2) is 18.6 Å². The van der Waals surface area contributed by atoms with Crippen molar-refractivity contribution in [1.82, 2.24) is 0 Å². The van der Waals surface area contributed by atoms with Crippen LogP contribution in [0.3, 0.4) is 0 Å². The predicted octanol–water partition coefficient (Wildman–Crippen LogP) is 5.39. The van der Waals surface area contributed by atoms with E-state index in [2.05, 4.69) is 0 Å². The SMILES string of the molecule is COc1c(Cl)cc2c3c(cc(Cl)c2c1Cl)[C@H]1CC(OC(C)=O)=C[C@]1(N)CC3. The summed E-state index contributed by atoms with van der Waals surface area (Å²) in [5, 5.41) is 3.01. The second-order valence-electron chi connectivity index (χ2n) is 7.13. The number of esters is 1. The molecular formula is C20H18Cl3NO3. The summed E-state index contributed by atoms with van der Waals surface area (Å²) >= 11 is 19.5. The van der Waals surface area contributed by atoms with Crippen LogP contribution < -0.4 is 10.5 Å². The number of nitrogens with two attached hydrogens (primary N) is 1. The van der Waals surface area contributed by atoms with Gasteiger partial charge in [0.05, 0.1) is 22.2 Å². The number of allylic oxidation sites excluding steroid dienone is 1. The molecule has 0 unspecified atom stereocenters. The van der Waals surface area contributed by atoms with E-state index in [9.17, 15) is 4.79 Å². The van der Waals surface area contributed by atoms with Crippen LogP contribution >= 0.6 is 34.8 Å². The maximum atomic E-state index is 11.4. The molecule has 2 atom stereocenters. The first kappa shape index (κ1) is 18.9. The molecule has 4 rings (SSSR count). The van der Waals surface area contributed by atoms with Crippen molar-refractivity contribution >= 4 is 51.5 Å². The van der Waals surface area contributed by atoms with Crippen molar-refractivity contribution in [3.8, 4) is 5.75 Å². The van der Waals surface area contributed by atoms with Crippen LogP contribution in [0.15, 0.2) is 24.0 Å². The molecule has 0 spiro atoms. The zero-order valence-electron chi connectivity index (χ0n) is 14.9. The summed E-state index contributed by atoms with van der Waals surface area (Å²) in [6.07, 6.45) is 3.92. The maximum absolute atomic E-state index is 11.4. The number of fused-ring (bicyclic) bond motifs is 5. The Morgan fingerprint density at radius 3 is 2.67 bits per heavy atom. The second-order valence-corrected chi connectivity index (χ2v) is 8.32. The van der Waals surface area contributed by atoms with Crippen LogP contribution in [0.5, 0.6) is 5.75 Å². The lowest BCUT2D eigenvalue weighted by Gasteiger charge is -2.37. The number of benzene rings is 2. The number of hydrogen-bond acceptors (Lipinski definition) is 4. The Bertz CT molecular complexity index is 1020. The molecule has 0 heterocycles. The van der Waals surface area contributed by atoms with Crippen molar-refractivity contribution in [3.05, 3.63) is 50.2 Å². The Morgan fingerprint density at radius 1 is 1.26 bits per heavy atom. The lowest BCUT2D eigenvalue weighted by molar-refractivity contribution is -0.137. The van der Waals surface area contributed by atoms with Gasteiger partial charge in [0.15, 0.2) is 5.75 Å². The number of hydrogen-bond donors (Lipinski definition) is 1. The first-order valence-corrected chi connectivity index (χ1v) is 9.74. The van der Waals surface area contributed by atoms with Gasteiger partial charge in [-0.25, -0.2) is 0 Å². The van der Waals surface area contributed by atoms with Crippen LogP contribution in [0.25, 0.3) is 10.8 Å². The largest absolute Gasteiger partial charge is 0.494 e. The number of methoxy groups -OCH3 is 1. The van der Waals surface area contributed by atoms with E-state index in [1.807, 2.05) is 18.2 Å². The number of aryl methyl sites for hydroxylation is 1. The molecule has 0 aliphatic heterocycles. The molecule has 2 N–H and O–H groups in total. The third-order valence-corrected chi connectivity index (χ3v) is 6.46. The molecule has 2 aliphatic carbocycles. The van der Waals surface area contributed by atoms with E-state index in [1.54, 1.807) is 0 Å². The monoisotopic (exact) mass is 425 g/mol. The maximum Gasteiger partial charge on any atom is 0.307 e. The van der Waals surface area contributed by atoms with E-state index in [0.29, 0.717) is 33.0 Å². The van der Waals surface area contributed by atoms with E-state index < -0.39 is 5.54 Å². The molecule has 0 aromatic heterocycles. The van der Waals surface area contributed by atoms with Gasteiger partial charge in [0.25, 0.3) is 0 Å². The van der Waals surface area contributed by atoms with E-state index in [0.717, 1.165) is 34.7 Å². The Balaban J connectivity index is 1.90. The summed E-state index contributed by atoms with van der Waals surface area (Å²) in [4.78, 5) is 11.4. The number of carbonyl (C=O) groups is 1. The van der Waals surface area contributed by atoms with Crippen LogP contribution in [0, 0.1) is 0 Å². The second kappa shape index (κ2) is 6.56. The summed E-state index contributed by atoms with van der Waals surface area (Å²) in [6.45, 7) is 1.39. The number of carbonyl (C=O) groups excluding carboxylic acids is 1. The zero-order chi connectivity index (χ0) is 19.5. The molecule has 2 aliphatic rings. The number of halogens is 3. The minimum absolute atomic E-state index is 0.0165. The average molecular weight is 427 g/mol. The van der Waals surface area contributed by atoms with Gasteiger partial charge in [-0.05, 0) is 47.6 Å². The van der Waals surface area contributed by atoms with Gasteiger partial charge in [-0.15, -0.1) is 0 Å². The Morgan fingerprint density at radius 2 is 2.00 bits per heavy atom. The summed E-state index contributed by atoms with van der Waals surface area (Å²) in [7, 11) is 1.52. The first-order chi connectivity index (χ1) is 12.7. The fraction of sp³-hybridized carbons (Fsp3) is 0.350. The van der Waals surface area contributed by atoms with Crippen molar-refractivity contribution in [2.45, 2.75) is 37.6 Å².